The van der Waals surface area contributed by atoms with Gasteiger partial charge in [0.05, 0.1) is 24.5 Å². The van der Waals surface area contributed by atoms with E-state index in [4.69, 9.17) is 0 Å². The molecule has 4 heteroatoms. The first-order valence-corrected chi connectivity index (χ1v) is 7.57. The molecular weight excluding hydrogens is 286 g/mol. The molecule has 4 nitrogen and oxygen atoms in total. The molecule has 0 amide bonds. The lowest BCUT2D eigenvalue weighted by molar-refractivity contribution is 0.475. The maximum absolute atomic E-state index is 9.86. The van der Waals surface area contributed by atoms with Crippen molar-refractivity contribution in [1.82, 2.24) is 9.97 Å². The number of aromatic nitrogens is 2. The fourth-order valence-electron chi connectivity index (χ4n) is 2.54. The monoisotopic (exact) mass is 305 g/mol. The van der Waals surface area contributed by atoms with Gasteiger partial charge in [-0.25, -0.2) is 0 Å². The molecule has 0 spiro atoms. The maximum Gasteiger partial charge on any atom is 0.117 e. The lowest BCUT2D eigenvalue weighted by Crippen LogP contribution is -2.24. The van der Waals surface area contributed by atoms with E-state index in [1.165, 1.54) is 0 Å². The summed E-state index contributed by atoms with van der Waals surface area (Å²) in [5, 5.41) is 9.86. The van der Waals surface area contributed by atoms with Crippen LogP contribution in [0.1, 0.15) is 17.0 Å². The minimum atomic E-state index is 0.262. The van der Waals surface area contributed by atoms with Gasteiger partial charge >= 0.3 is 0 Å². The smallest absolute Gasteiger partial charge is 0.117 e. The van der Waals surface area contributed by atoms with Crippen molar-refractivity contribution in [2.45, 2.75) is 20.0 Å². The summed E-state index contributed by atoms with van der Waals surface area (Å²) in [7, 11) is 0. The van der Waals surface area contributed by atoms with Crippen molar-refractivity contribution < 1.29 is 5.11 Å². The zero-order valence-electron chi connectivity index (χ0n) is 13.1. The molecular formula is C19H19N3O. The summed E-state index contributed by atoms with van der Waals surface area (Å²) >= 11 is 0. The van der Waals surface area contributed by atoms with Crippen LogP contribution in [-0.2, 0) is 13.1 Å². The fourth-order valence-corrected chi connectivity index (χ4v) is 2.54. The van der Waals surface area contributed by atoms with Gasteiger partial charge in [-0.05, 0) is 42.8 Å². The lowest BCUT2D eigenvalue weighted by atomic mass is 10.1. The summed E-state index contributed by atoms with van der Waals surface area (Å²) in [6.07, 6.45) is 3.59. The summed E-state index contributed by atoms with van der Waals surface area (Å²) in [6, 6.07) is 17.2. The Morgan fingerprint density at radius 3 is 2.00 bits per heavy atom. The van der Waals surface area contributed by atoms with E-state index >= 15 is 0 Å². The van der Waals surface area contributed by atoms with E-state index in [1.54, 1.807) is 24.5 Å². The molecule has 2 aromatic heterocycles. The number of phenols is 1. The van der Waals surface area contributed by atoms with Gasteiger partial charge in [-0.2, -0.15) is 0 Å². The molecule has 0 bridgehead atoms. The van der Waals surface area contributed by atoms with Crippen molar-refractivity contribution >= 4 is 5.69 Å². The summed E-state index contributed by atoms with van der Waals surface area (Å²) in [6.45, 7) is 3.35. The summed E-state index contributed by atoms with van der Waals surface area (Å²) in [4.78, 5) is 11.0. The van der Waals surface area contributed by atoms with E-state index in [0.29, 0.717) is 13.1 Å². The van der Waals surface area contributed by atoms with Crippen LogP contribution in [-0.4, -0.2) is 15.1 Å². The molecule has 1 N–H and O–H groups in total. The van der Waals surface area contributed by atoms with Crippen LogP contribution in [0.4, 0.5) is 5.69 Å². The Morgan fingerprint density at radius 2 is 1.48 bits per heavy atom. The van der Waals surface area contributed by atoms with Crippen molar-refractivity contribution in [3.8, 4) is 5.75 Å². The lowest BCUT2D eigenvalue weighted by Gasteiger charge is -2.26. The van der Waals surface area contributed by atoms with Crippen LogP contribution in [0.15, 0.2) is 67.0 Å². The van der Waals surface area contributed by atoms with Gasteiger partial charge in [0, 0.05) is 24.1 Å². The zero-order chi connectivity index (χ0) is 16.1. The third-order valence-electron chi connectivity index (χ3n) is 3.69. The quantitative estimate of drug-likeness (QED) is 0.781. The Bertz CT molecular complexity index is 719. The molecule has 3 rings (SSSR count). The Hall–Kier alpha value is -2.88. The van der Waals surface area contributed by atoms with Crippen LogP contribution in [0, 0.1) is 6.92 Å². The molecule has 2 heterocycles. The molecule has 0 aliphatic heterocycles. The number of phenolic OH excluding ortho intramolecular Hbond substituents is 1. The predicted octanol–water partition coefficient (Wildman–Crippen LogP) is 3.70. The van der Waals surface area contributed by atoms with Crippen molar-refractivity contribution in [3.63, 3.8) is 0 Å². The molecule has 0 saturated heterocycles. The highest BCUT2D eigenvalue weighted by Gasteiger charge is 2.13. The van der Waals surface area contributed by atoms with Gasteiger partial charge in [0.2, 0.25) is 0 Å². The Kier molecular flexibility index (Phi) is 4.52. The van der Waals surface area contributed by atoms with Crippen LogP contribution in [0.3, 0.4) is 0 Å². The van der Waals surface area contributed by atoms with Crippen LogP contribution >= 0.6 is 0 Å². The highest BCUT2D eigenvalue weighted by Crippen LogP contribution is 2.27. The molecule has 23 heavy (non-hydrogen) atoms. The first-order valence-electron chi connectivity index (χ1n) is 7.57. The molecule has 0 saturated carbocycles. The predicted molar refractivity (Wildman–Crippen MR) is 91.2 cm³/mol. The number of aromatic hydroxyl groups is 1. The number of benzene rings is 1. The van der Waals surface area contributed by atoms with Gasteiger partial charge in [-0.1, -0.05) is 18.2 Å². The number of hydrogen-bond donors (Lipinski definition) is 1. The number of aryl methyl sites for hydroxylation is 1. The van der Waals surface area contributed by atoms with Crippen molar-refractivity contribution in [1.29, 1.82) is 0 Å². The van der Waals surface area contributed by atoms with Crippen molar-refractivity contribution in [2.75, 3.05) is 4.90 Å². The highest BCUT2D eigenvalue weighted by molar-refractivity contribution is 5.56. The van der Waals surface area contributed by atoms with E-state index in [2.05, 4.69) is 14.9 Å². The molecule has 0 aliphatic rings. The first-order chi connectivity index (χ1) is 11.2. The average molecular weight is 305 g/mol. The standard InChI is InChI=1S/C19H19N3O/c1-15-8-9-18(23)12-19(15)22(13-16-6-2-4-10-20-16)14-17-7-3-5-11-21-17/h2-12,23H,13-14H2,1H3. The molecule has 0 atom stereocenters. The van der Waals surface area contributed by atoms with E-state index in [0.717, 1.165) is 22.6 Å². The third kappa shape index (κ3) is 3.86. The highest BCUT2D eigenvalue weighted by atomic mass is 16.3. The normalized spacial score (nSPS) is 10.5. The summed E-state index contributed by atoms with van der Waals surface area (Å²) < 4.78 is 0. The molecule has 3 aromatic rings. The van der Waals surface area contributed by atoms with Crippen molar-refractivity contribution in [3.05, 3.63) is 83.9 Å². The summed E-state index contributed by atoms with van der Waals surface area (Å²) in [5.41, 5.74) is 4.05. The minimum Gasteiger partial charge on any atom is -0.508 e. The van der Waals surface area contributed by atoms with Gasteiger partial charge in [0.25, 0.3) is 0 Å². The second-order valence-electron chi connectivity index (χ2n) is 5.47. The second kappa shape index (κ2) is 6.92. The molecule has 1 aromatic carbocycles. The summed E-state index contributed by atoms with van der Waals surface area (Å²) in [5.74, 6) is 0.262. The number of nitrogens with zero attached hydrogens (tertiary/aromatic N) is 3. The Balaban J connectivity index is 1.94. The average Bonchev–Trinajstić information content (AvgIpc) is 2.58. The molecule has 0 fully saturated rings. The number of anilines is 1. The van der Waals surface area contributed by atoms with Crippen LogP contribution in [0.25, 0.3) is 0 Å². The van der Waals surface area contributed by atoms with Gasteiger partial charge in [0.15, 0.2) is 0 Å². The number of rotatable bonds is 5. The Morgan fingerprint density at radius 1 is 0.870 bits per heavy atom. The molecule has 0 aliphatic carbocycles. The third-order valence-corrected chi connectivity index (χ3v) is 3.69. The van der Waals surface area contributed by atoms with Crippen LogP contribution < -0.4 is 4.90 Å². The van der Waals surface area contributed by atoms with Gasteiger partial charge in [0.1, 0.15) is 5.75 Å². The fraction of sp³-hybridized carbons (Fsp3) is 0.158. The van der Waals surface area contributed by atoms with E-state index in [9.17, 15) is 5.11 Å². The topological polar surface area (TPSA) is 49.2 Å². The molecule has 0 unspecified atom stereocenters. The molecule has 0 radical (unpaired) electrons. The maximum atomic E-state index is 9.86. The minimum absolute atomic E-state index is 0.262. The van der Waals surface area contributed by atoms with Gasteiger partial charge in [-0.15, -0.1) is 0 Å². The van der Waals surface area contributed by atoms with E-state index in [-0.39, 0.29) is 5.75 Å². The Labute approximate surface area is 136 Å². The zero-order valence-corrected chi connectivity index (χ0v) is 13.1. The van der Waals surface area contributed by atoms with Crippen LogP contribution in [0.2, 0.25) is 0 Å². The van der Waals surface area contributed by atoms with Crippen LogP contribution in [0.5, 0.6) is 5.75 Å². The van der Waals surface area contributed by atoms with E-state index < -0.39 is 0 Å². The number of hydrogen-bond acceptors (Lipinski definition) is 4. The van der Waals surface area contributed by atoms with Crippen molar-refractivity contribution in [2.24, 2.45) is 0 Å². The first kappa shape index (κ1) is 15.0. The SMILES string of the molecule is Cc1ccc(O)cc1N(Cc1ccccn1)Cc1ccccn1. The van der Waals surface area contributed by atoms with E-state index in [1.807, 2.05) is 49.4 Å². The molecule has 116 valence electrons. The van der Waals surface area contributed by atoms with Gasteiger partial charge in [-0.3, -0.25) is 9.97 Å². The van der Waals surface area contributed by atoms with Gasteiger partial charge < -0.3 is 10.0 Å². The number of pyridine rings is 2. The largest absolute Gasteiger partial charge is 0.508 e. The second-order valence-corrected chi connectivity index (χ2v) is 5.47.